The van der Waals surface area contributed by atoms with Gasteiger partial charge >= 0.3 is 18.2 Å². The Balaban J connectivity index is 1.54. The van der Waals surface area contributed by atoms with Crippen LogP contribution in [0.1, 0.15) is 43.7 Å². The topological polar surface area (TPSA) is 169 Å². The molecular formula is C39H48ClFN6O8Si. The fourth-order valence-electron chi connectivity index (χ4n) is 6.58. The number of anilines is 3. The minimum absolute atomic E-state index is 0.0969. The molecule has 1 saturated heterocycles. The summed E-state index contributed by atoms with van der Waals surface area (Å²) in [6.07, 6.45) is 7.56. The van der Waals surface area contributed by atoms with Crippen LogP contribution in [0.4, 0.5) is 31.0 Å². The number of esters is 1. The SMILES string of the molecule is CCOC(=O)C1C/C=C/CC(C(=O)N2CCC[C@@]3(C2)OC(=O)Nc2ccc(Cl)c(F)c23)/C=N/C(=C\N=C/OCC[Si](C)(C)C)c2ccc(NC(=O)OC)cc2N1. The highest BCUT2D eigenvalue weighted by Crippen LogP contribution is 2.45. The van der Waals surface area contributed by atoms with E-state index < -0.39 is 49.6 Å². The van der Waals surface area contributed by atoms with Crippen molar-refractivity contribution in [1.29, 1.82) is 0 Å². The number of halogens is 2. The monoisotopic (exact) mass is 810 g/mol. The Bertz CT molecular complexity index is 1930. The summed E-state index contributed by atoms with van der Waals surface area (Å²) in [5, 5.41) is 8.31. The second-order valence-corrected chi connectivity index (χ2v) is 20.8. The maximum absolute atomic E-state index is 15.6. The van der Waals surface area contributed by atoms with E-state index in [9.17, 15) is 19.2 Å². The second-order valence-electron chi connectivity index (χ2n) is 14.8. The Morgan fingerprint density at radius 3 is 2.71 bits per heavy atom. The molecule has 2 unspecified atom stereocenters. The van der Waals surface area contributed by atoms with Gasteiger partial charge in [-0.15, -0.1) is 0 Å². The molecule has 0 aromatic heterocycles. The lowest BCUT2D eigenvalue weighted by atomic mass is 9.82. The standard InChI is InChI=1S/C39H48ClFN6O8Si/c1-6-54-36(49)30-11-8-7-10-25(35(48)47-17-9-16-39(23-47)33-29(46-38(51)55-39)15-14-28(40)34(33)41)21-43-32(22-42-24-53-18-19-56(3,4)5)27-13-12-26(20-31(27)45-30)44-37(50)52-2/h7-8,12-15,20-22,24-25,30,45H,6,9-11,16-19,23H2,1-5H3,(H,44,50)(H,46,51)/b8-7+,32-22-,42-24-,43-21+/t25?,30?,39-/m0/s1. The lowest BCUT2D eigenvalue weighted by Gasteiger charge is -2.45. The van der Waals surface area contributed by atoms with Crippen LogP contribution in [0.15, 0.2) is 58.7 Å². The number of nitrogens with zero attached hydrogens (tertiary/aromatic N) is 3. The molecule has 3 aliphatic rings. The fourth-order valence-corrected chi connectivity index (χ4v) is 7.47. The zero-order chi connectivity index (χ0) is 40.5. The highest BCUT2D eigenvalue weighted by Gasteiger charge is 2.49. The second kappa shape index (κ2) is 18.6. The summed E-state index contributed by atoms with van der Waals surface area (Å²) >= 11 is 6.18. The van der Waals surface area contributed by atoms with Crippen LogP contribution < -0.4 is 16.0 Å². The molecule has 2 aromatic rings. The summed E-state index contributed by atoms with van der Waals surface area (Å²) in [6, 6.07) is 7.91. The van der Waals surface area contributed by atoms with Crippen molar-refractivity contribution in [3.8, 4) is 0 Å². The number of fused-ring (bicyclic) bond motifs is 3. The van der Waals surface area contributed by atoms with Crippen LogP contribution in [0, 0.1) is 11.7 Å². The predicted molar refractivity (Wildman–Crippen MR) is 216 cm³/mol. The van der Waals surface area contributed by atoms with Crippen LogP contribution >= 0.6 is 11.6 Å². The molecule has 3 atom stereocenters. The minimum Gasteiger partial charge on any atom is -0.483 e. The molecule has 14 nitrogen and oxygen atoms in total. The summed E-state index contributed by atoms with van der Waals surface area (Å²) in [5.41, 5.74) is 0.461. The number of hydrogen-bond acceptors (Lipinski definition) is 11. The Labute approximate surface area is 331 Å². The third kappa shape index (κ3) is 10.5. The van der Waals surface area contributed by atoms with Crippen molar-refractivity contribution in [2.45, 2.75) is 69.9 Å². The number of piperidine rings is 1. The van der Waals surface area contributed by atoms with Gasteiger partial charge in [-0.1, -0.05) is 43.4 Å². The van der Waals surface area contributed by atoms with E-state index in [-0.39, 0.29) is 54.6 Å². The van der Waals surface area contributed by atoms with Crippen molar-refractivity contribution in [2.75, 3.05) is 49.4 Å². The molecule has 1 fully saturated rings. The van der Waals surface area contributed by atoms with Crippen LogP contribution in [0.2, 0.25) is 30.7 Å². The van der Waals surface area contributed by atoms with Gasteiger partial charge < -0.3 is 29.2 Å². The number of carbonyl (C=O) groups excluding carboxylic acids is 4. The highest BCUT2D eigenvalue weighted by molar-refractivity contribution is 6.76. The van der Waals surface area contributed by atoms with Crippen molar-refractivity contribution in [1.82, 2.24) is 4.90 Å². The summed E-state index contributed by atoms with van der Waals surface area (Å²) in [7, 11) is -0.100. The van der Waals surface area contributed by atoms with Gasteiger partial charge in [0.1, 0.15) is 6.04 Å². The molecule has 0 aliphatic carbocycles. The summed E-state index contributed by atoms with van der Waals surface area (Å²) in [5.74, 6) is -2.39. The van der Waals surface area contributed by atoms with Gasteiger partial charge in [0.25, 0.3) is 0 Å². The van der Waals surface area contributed by atoms with E-state index in [0.717, 1.165) is 6.04 Å². The number of aliphatic imine (C=N–C) groups is 2. The first kappa shape index (κ1) is 41.9. The Morgan fingerprint density at radius 1 is 1.18 bits per heavy atom. The molecule has 17 heteroatoms. The van der Waals surface area contributed by atoms with Crippen molar-refractivity contribution in [3.63, 3.8) is 0 Å². The number of rotatable bonds is 9. The van der Waals surface area contributed by atoms with E-state index in [1.165, 1.54) is 38.1 Å². The lowest BCUT2D eigenvalue weighted by Crippen LogP contribution is -2.54. The predicted octanol–water partition coefficient (Wildman–Crippen LogP) is 7.80. The van der Waals surface area contributed by atoms with Gasteiger partial charge in [-0.05, 0) is 69.0 Å². The first-order valence-electron chi connectivity index (χ1n) is 18.5. The molecule has 3 aliphatic heterocycles. The Morgan fingerprint density at radius 2 is 1.96 bits per heavy atom. The van der Waals surface area contributed by atoms with Gasteiger partial charge in [0.15, 0.2) is 17.8 Å². The molecule has 1 spiro atoms. The normalized spacial score (nSPS) is 22.9. The third-order valence-corrected chi connectivity index (χ3v) is 11.4. The minimum atomic E-state index is -1.46. The van der Waals surface area contributed by atoms with Gasteiger partial charge in [0, 0.05) is 37.8 Å². The fraction of sp³-hybridized carbons (Fsp3) is 0.436. The zero-order valence-corrected chi connectivity index (χ0v) is 33.9. The van der Waals surface area contributed by atoms with E-state index in [0.29, 0.717) is 42.2 Å². The summed E-state index contributed by atoms with van der Waals surface area (Å²) in [4.78, 5) is 63.2. The van der Waals surface area contributed by atoms with Crippen molar-refractivity contribution in [2.24, 2.45) is 15.9 Å². The molecule has 3 amide bonds. The van der Waals surface area contributed by atoms with Crippen molar-refractivity contribution < 1.29 is 42.5 Å². The molecule has 0 radical (unpaired) electrons. The molecule has 0 bridgehead atoms. The van der Waals surface area contributed by atoms with E-state index >= 15 is 4.39 Å². The molecular weight excluding hydrogens is 763 g/mol. The number of allylic oxidation sites excluding steroid dienone is 1. The smallest absolute Gasteiger partial charge is 0.412 e. The van der Waals surface area contributed by atoms with Crippen LogP contribution in [-0.4, -0.2) is 89.1 Å². The number of hydrogen-bond donors (Lipinski definition) is 3. The lowest BCUT2D eigenvalue weighted by molar-refractivity contribution is -0.144. The van der Waals surface area contributed by atoms with Crippen LogP contribution in [0.25, 0.3) is 5.70 Å². The number of carbonyl (C=O) groups is 4. The zero-order valence-electron chi connectivity index (χ0n) is 32.2. The maximum atomic E-state index is 15.6. The molecule has 300 valence electrons. The van der Waals surface area contributed by atoms with Gasteiger partial charge in [-0.2, -0.15) is 0 Å². The van der Waals surface area contributed by atoms with Crippen molar-refractivity contribution in [3.05, 3.63) is 70.7 Å². The third-order valence-electron chi connectivity index (χ3n) is 9.41. The maximum Gasteiger partial charge on any atom is 0.412 e. The number of benzene rings is 2. The van der Waals surface area contributed by atoms with Gasteiger partial charge in [0.2, 0.25) is 5.91 Å². The van der Waals surface area contributed by atoms with E-state index in [1.54, 1.807) is 42.2 Å². The van der Waals surface area contributed by atoms with Crippen molar-refractivity contribution >= 4 is 79.1 Å². The average Bonchev–Trinajstić information content (AvgIpc) is 3.14. The van der Waals surface area contributed by atoms with Crippen LogP contribution in [-0.2, 0) is 34.1 Å². The van der Waals surface area contributed by atoms with E-state index in [4.69, 9.17) is 35.5 Å². The molecule has 3 heterocycles. The molecule has 0 saturated carbocycles. The number of methoxy groups -OCH3 is 1. The first-order valence-corrected chi connectivity index (χ1v) is 22.5. The van der Waals surface area contributed by atoms with Crippen LogP contribution in [0.5, 0.6) is 0 Å². The quantitative estimate of drug-likeness (QED) is 0.0435. The highest BCUT2D eigenvalue weighted by atomic mass is 35.5. The number of likely N-dealkylation sites (tertiary alicyclic amines) is 1. The number of nitrogens with one attached hydrogen (secondary N) is 3. The molecule has 2 aromatic carbocycles. The Kier molecular flexibility index (Phi) is 13.9. The molecule has 3 N–H and O–H groups in total. The van der Waals surface area contributed by atoms with E-state index in [1.807, 2.05) is 0 Å². The Hall–Kier alpha value is -5.22. The van der Waals surface area contributed by atoms with Gasteiger partial charge in [-0.3, -0.25) is 20.4 Å². The van der Waals surface area contributed by atoms with Gasteiger partial charge in [0.05, 0.1) is 61.0 Å². The molecule has 56 heavy (non-hydrogen) atoms. The van der Waals surface area contributed by atoms with E-state index in [2.05, 4.69) is 40.6 Å². The largest absolute Gasteiger partial charge is 0.483 e. The van der Waals surface area contributed by atoms with Gasteiger partial charge in [-0.25, -0.2) is 23.8 Å². The summed E-state index contributed by atoms with van der Waals surface area (Å²) in [6.45, 7) is 9.32. The van der Waals surface area contributed by atoms with Crippen LogP contribution in [0.3, 0.4) is 0 Å². The number of amides is 3. The number of ether oxygens (including phenoxy) is 4. The average molecular weight is 811 g/mol. The molecule has 5 rings (SSSR count). The summed E-state index contributed by atoms with van der Waals surface area (Å²) < 4.78 is 37.3. The first-order chi connectivity index (χ1) is 26.7.